The fourth-order valence-corrected chi connectivity index (χ4v) is 5.22. The molecule has 1 aromatic carbocycles. The predicted molar refractivity (Wildman–Crippen MR) is 117 cm³/mol. The molecule has 4 rings (SSSR count). The van der Waals surface area contributed by atoms with E-state index >= 15 is 0 Å². The van der Waals surface area contributed by atoms with Gasteiger partial charge in [-0.25, -0.2) is 4.68 Å². The molecule has 7 heteroatoms. The van der Waals surface area contributed by atoms with Gasteiger partial charge < -0.3 is 0 Å². The van der Waals surface area contributed by atoms with Crippen molar-refractivity contribution in [3.63, 3.8) is 0 Å². The molecule has 0 bridgehead atoms. The van der Waals surface area contributed by atoms with E-state index in [0.717, 1.165) is 41.7 Å². The van der Waals surface area contributed by atoms with E-state index in [-0.39, 0.29) is 10.6 Å². The first-order valence-electron chi connectivity index (χ1n) is 10.7. The van der Waals surface area contributed by atoms with Gasteiger partial charge in [0.05, 0.1) is 16.7 Å². The Kier molecular flexibility index (Phi) is 6.23. The summed E-state index contributed by atoms with van der Waals surface area (Å²) in [4.78, 5) is 16.9. The molecule has 2 saturated carbocycles. The Balaban J connectivity index is 1.79. The van der Waals surface area contributed by atoms with Crippen LogP contribution in [-0.4, -0.2) is 21.4 Å². The Morgan fingerprint density at radius 1 is 1.17 bits per heavy atom. The quantitative estimate of drug-likeness (QED) is 0.472. The molecule has 0 amide bonds. The van der Waals surface area contributed by atoms with Gasteiger partial charge in [-0.05, 0) is 44.4 Å². The molecule has 1 atom stereocenters. The largest absolute Gasteiger partial charge is 0.270 e. The van der Waals surface area contributed by atoms with Crippen molar-refractivity contribution in [3.8, 4) is 11.3 Å². The van der Waals surface area contributed by atoms with Gasteiger partial charge >= 0.3 is 0 Å². The lowest BCUT2D eigenvalue weighted by molar-refractivity contribution is -0.384. The van der Waals surface area contributed by atoms with Crippen LogP contribution < -0.4 is 4.80 Å². The van der Waals surface area contributed by atoms with Crippen LogP contribution in [0.1, 0.15) is 64.7 Å². The normalized spacial score (nSPS) is 22.9. The zero-order chi connectivity index (χ0) is 20.2. The number of benzene rings is 1. The summed E-state index contributed by atoms with van der Waals surface area (Å²) >= 11 is 1.59. The topological polar surface area (TPSA) is 72.8 Å². The van der Waals surface area contributed by atoms with Gasteiger partial charge in [-0.2, -0.15) is 5.10 Å². The zero-order valence-corrected chi connectivity index (χ0v) is 17.7. The minimum atomic E-state index is -0.345. The minimum Gasteiger partial charge on any atom is -0.258 e. The minimum absolute atomic E-state index is 0.102. The van der Waals surface area contributed by atoms with E-state index in [0.29, 0.717) is 12.0 Å². The number of nitrogens with zero attached hydrogens (tertiary/aromatic N) is 4. The molecule has 0 N–H and O–H groups in total. The summed E-state index contributed by atoms with van der Waals surface area (Å²) in [6, 6.07) is 7.18. The Morgan fingerprint density at radius 2 is 2.00 bits per heavy atom. The molecular formula is C22H28N4O2S. The third-order valence-corrected chi connectivity index (χ3v) is 6.72. The molecule has 2 aliphatic rings. The maximum absolute atomic E-state index is 11.2. The molecule has 1 unspecified atom stereocenters. The lowest BCUT2D eigenvalue weighted by Gasteiger charge is -2.20. The summed E-state index contributed by atoms with van der Waals surface area (Å²) < 4.78 is 1.95. The van der Waals surface area contributed by atoms with Crippen molar-refractivity contribution in [3.05, 3.63) is 44.6 Å². The van der Waals surface area contributed by atoms with Crippen LogP contribution in [0.15, 0.2) is 39.7 Å². The maximum atomic E-state index is 11.2. The number of non-ortho nitro benzene ring substituents is 1. The number of nitro groups is 1. The Morgan fingerprint density at radius 3 is 2.76 bits per heavy atom. The van der Waals surface area contributed by atoms with Gasteiger partial charge in [-0.1, -0.05) is 38.3 Å². The Labute approximate surface area is 175 Å². The van der Waals surface area contributed by atoms with Crippen molar-refractivity contribution >= 4 is 22.7 Å². The number of nitro benzene ring substituents is 1. The molecule has 0 saturated heterocycles. The predicted octanol–water partition coefficient (Wildman–Crippen LogP) is 5.77. The highest BCUT2D eigenvalue weighted by Crippen LogP contribution is 2.27. The van der Waals surface area contributed by atoms with E-state index in [1.807, 2.05) is 16.1 Å². The Bertz CT molecular complexity index is 969. The van der Waals surface area contributed by atoms with Crippen molar-refractivity contribution in [2.75, 3.05) is 0 Å². The molecular weight excluding hydrogens is 384 g/mol. The van der Waals surface area contributed by atoms with E-state index in [1.165, 1.54) is 43.9 Å². The van der Waals surface area contributed by atoms with Crippen molar-refractivity contribution in [2.24, 2.45) is 16.0 Å². The third kappa shape index (κ3) is 4.83. The lowest BCUT2D eigenvalue weighted by atomic mass is 9.89. The van der Waals surface area contributed by atoms with Crippen molar-refractivity contribution in [1.82, 2.24) is 4.68 Å². The number of aromatic nitrogens is 1. The van der Waals surface area contributed by atoms with Gasteiger partial charge in [0.1, 0.15) is 0 Å². The molecule has 0 aliphatic heterocycles. The molecule has 154 valence electrons. The summed E-state index contributed by atoms with van der Waals surface area (Å²) in [5.41, 5.74) is 3.01. The molecule has 29 heavy (non-hydrogen) atoms. The second-order valence-electron chi connectivity index (χ2n) is 8.31. The number of hydrogen-bond donors (Lipinski definition) is 0. The average Bonchev–Trinajstić information content (AvgIpc) is 3.11. The van der Waals surface area contributed by atoms with Gasteiger partial charge in [0.15, 0.2) is 0 Å². The van der Waals surface area contributed by atoms with Crippen LogP contribution in [-0.2, 0) is 0 Å². The van der Waals surface area contributed by atoms with Crippen LogP contribution >= 0.6 is 11.3 Å². The summed E-state index contributed by atoms with van der Waals surface area (Å²) in [5, 5.41) is 18.3. The van der Waals surface area contributed by atoms with E-state index in [2.05, 4.69) is 6.92 Å². The maximum Gasteiger partial charge on any atom is 0.270 e. The van der Waals surface area contributed by atoms with Gasteiger partial charge in [-0.3, -0.25) is 15.1 Å². The highest BCUT2D eigenvalue weighted by Gasteiger charge is 2.18. The van der Waals surface area contributed by atoms with Gasteiger partial charge in [-0.15, -0.1) is 11.3 Å². The number of thiazole rings is 1. The molecule has 0 radical (unpaired) electrons. The lowest BCUT2D eigenvalue weighted by Crippen LogP contribution is -2.21. The van der Waals surface area contributed by atoms with Crippen molar-refractivity contribution in [2.45, 2.75) is 70.8 Å². The summed E-state index contributed by atoms with van der Waals surface area (Å²) in [6.07, 6.45) is 10.5. The molecule has 0 spiro atoms. The molecule has 1 heterocycles. The number of rotatable bonds is 4. The monoisotopic (exact) mass is 412 g/mol. The fraction of sp³-hybridized carbons (Fsp3) is 0.545. The first-order chi connectivity index (χ1) is 14.1. The molecule has 2 fully saturated rings. The summed E-state index contributed by atoms with van der Waals surface area (Å²) in [6.45, 7) is 2.28. The SMILES string of the molecule is CC1CCCC(=Nn2c(-c3cccc([N+](=O)[O-])c3)csc2=NC2CCCCC2)C1. The van der Waals surface area contributed by atoms with E-state index < -0.39 is 0 Å². The van der Waals surface area contributed by atoms with Gasteiger partial charge in [0.2, 0.25) is 4.80 Å². The number of hydrogen-bond acceptors (Lipinski definition) is 5. The highest BCUT2D eigenvalue weighted by atomic mass is 32.1. The van der Waals surface area contributed by atoms with Crippen molar-refractivity contribution < 1.29 is 4.92 Å². The summed E-state index contributed by atoms with van der Waals surface area (Å²) in [7, 11) is 0. The fourth-order valence-electron chi connectivity index (χ4n) is 4.32. The standard InChI is InChI=1S/C22H28N4O2S/c1-16-7-5-11-19(13-16)24-25-21(17-8-6-12-20(14-17)26(27)28)15-29-22(25)23-18-9-3-2-4-10-18/h6,8,12,14-16,18H,2-5,7,9-11,13H2,1H3. The molecule has 1 aromatic heterocycles. The van der Waals surface area contributed by atoms with E-state index in [9.17, 15) is 10.1 Å². The van der Waals surface area contributed by atoms with Crippen LogP contribution in [0.3, 0.4) is 0 Å². The molecule has 6 nitrogen and oxygen atoms in total. The van der Waals surface area contributed by atoms with Crippen molar-refractivity contribution in [1.29, 1.82) is 0 Å². The van der Waals surface area contributed by atoms with Crippen LogP contribution in [0.4, 0.5) is 5.69 Å². The second kappa shape index (κ2) is 9.03. The second-order valence-corrected chi connectivity index (χ2v) is 9.15. The molecule has 2 aliphatic carbocycles. The first-order valence-corrected chi connectivity index (χ1v) is 11.5. The van der Waals surface area contributed by atoms with Crippen LogP contribution in [0.2, 0.25) is 0 Å². The Hall–Kier alpha value is -2.28. The average molecular weight is 413 g/mol. The summed E-state index contributed by atoms with van der Waals surface area (Å²) in [5.74, 6) is 0.654. The van der Waals surface area contributed by atoms with E-state index in [4.69, 9.17) is 10.1 Å². The highest BCUT2D eigenvalue weighted by molar-refractivity contribution is 7.07. The van der Waals surface area contributed by atoms with Crippen LogP contribution in [0.25, 0.3) is 11.3 Å². The van der Waals surface area contributed by atoms with E-state index in [1.54, 1.807) is 23.5 Å². The van der Waals surface area contributed by atoms with Crippen LogP contribution in [0, 0.1) is 16.0 Å². The zero-order valence-electron chi connectivity index (χ0n) is 16.9. The molecule has 2 aromatic rings. The third-order valence-electron chi connectivity index (χ3n) is 5.89. The van der Waals surface area contributed by atoms with Gasteiger partial charge in [0, 0.05) is 28.8 Å². The first kappa shape index (κ1) is 20.0. The van der Waals surface area contributed by atoms with Crippen LogP contribution in [0.5, 0.6) is 0 Å². The smallest absolute Gasteiger partial charge is 0.258 e. The van der Waals surface area contributed by atoms with Gasteiger partial charge in [0.25, 0.3) is 5.69 Å².